The van der Waals surface area contributed by atoms with Crippen LogP contribution in [0.4, 0.5) is 0 Å². The Kier molecular flexibility index (Phi) is 8.19. The van der Waals surface area contributed by atoms with Crippen molar-refractivity contribution in [2.45, 2.75) is 6.42 Å². The molecule has 0 atom stereocenters. The summed E-state index contributed by atoms with van der Waals surface area (Å²) in [7, 11) is 0. The molecule has 138 valence electrons. The molecule has 0 saturated carbocycles. The average molecular weight is 362 g/mol. The third-order valence-electron chi connectivity index (χ3n) is 3.58. The fraction of sp³-hybridized carbons (Fsp3) is 0.182. The van der Waals surface area contributed by atoms with Gasteiger partial charge in [-0.15, -0.1) is 6.58 Å². The van der Waals surface area contributed by atoms with Gasteiger partial charge in [0.05, 0.1) is 13.1 Å². The highest BCUT2D eigenvalue weighted by Crippen LogP contribution is 2.18. The standard InChI is InChI=1S/C22H22N2O3/c1-2-10-18-11-6-7-14-20(18)27-16-9-8-15-23-21(25)17-24-22(26)19-12-4-3-5-13-19/h2-7,11-14H,1,10,15-17H2,(H,23,25)(H,24,26). The first-order chi connectivity index (χ1) is 13.2. The van der Waals surface area contributed by atoms with Gasteiger partial charge in [0.2, 0.25) is 5.91 Å². The molecule has 0 aliphatic heterocycles. The third kappa shape index (κ3) is 7.09. The zero-order valence-corrected chi connectivity index (χ0v) is 15.0. The van der Waals surface area contributed by atoms with Gasteiger partial charge in [0.1, 0.15) is 12.4 Å². The molecule has 2 rings (SSSR count). The predicted octanol–water partition coefficient (Wildman–Crippen LogP) is 2.34. The van der Waals surface area contributed by atoms with E-state index in [0.29, 0.717) is 5.56 Å². The maximum Gasteiger partial charge on any atom is 0.251 e. The Bertz CT molecular complexity index is 835. The number of carbonyl (C=O) groups is 2. The van der Waals surface area contributed by atoms with E-state index in [1.54, 1.807) is 24.3 Å². The smallest absolute Gasteiger partial charge is 0.251 e. The minimum absolute atomic E-state index is 0.0964. The van der Waals surface area contributed by atoms with E-state index in [9.17, 15) is 9.59 Å². The van der Waals surface area contributed by atoms with Gasteiger partial charge >= 0.3 is 0 Å². The van der Waals surface area contributed by atoms with Crippen LogP contribution in [0.3, 0.4) is 0 Å². The molecule has 5 nitrogen and oxygen atoms in total. The zero-order valence-electron chi connectivity index (χ0n) is 15.0. The summed E-state index contributed by atoms with van der Waals surface area (Å²) in [5.74, 6) is 5.86. The lowest BCUT2D eigenvalue weighted by molar-refractivity contribution is -0.119. The van der Waals surface area contributed by atoms with Gasteiger partial charge < -0.3 is 15.4 Å². The summed E-state index contributed by atoms with van der Waals surface area (Å²) in [4.78, 5) is 23.5. The van der Waals surface area contributed by atoms with E-state index in [1.807, 2.05) is 36.4 Å². The van der Waals surface area contributed by atoms with Crippen LogP contribution in [-0.2, 0) is 11.2 Å². The summed E-state index contributed by atoms with van der Waals surface area (Å²) in [5, 5.41) is 5.18. The van der Waals surface area contributed by atoms with Crippen molar-refractivity contribution in [3.05, 3.63) is 78.4 Å². The van der Waals surface area contributed by atoms with E-state index in [0.717, 1.165) is 17.7 Å². The Morgan fingerprint density at radius 1 is 1.00 bits per heavy atom. The first-order valence-electron chi connectivity index (χ1n) is 8.58. The Balaban J connectivity index is 1.66. The number of benzene rings is 2. The van der Waals surface area contributed by atoms with Gasteiger partial charge in [-0.1, -0.05) is 54.3 Å². The number of amides is 2. The number of hydrogen-bond acceptors (Lipinski definition) is 3. The number of carbonyl (C=O) groups excluding carboxylic acids is 2. The molecule has 0 heterocycles. The summed E-state index contributed by atoms with van der Waals surface area (Å²) in [6, 6.07) is 16.4. The van der Waals surface area contributed by atoms with Crippen LogP contribution in [-0.4, -0.2) is 31.5 Å². The summed E-state index contributed by atoms with van der Waals surface area (Å²) in [6.07, 6.45) is 2.55. The molecule has 0 aliphatic rings. The number of allylic oxidation sites excluding steroid dienone is 1. The van der Waals surface area contributed by atoms with Crippen LogP contribution < -0.4 is 15.4 Å². The second-order valence-corrected chi connectivity index (χ2v) is 5.57. The highest BCUT2D eigenvalue weighted by Gasteiger charge is 2.06. The molecule has 0 fully saturated rings. The highest BCUT2D eigenvalue weighted by atomic mass is 16.5. The maximum absolute atomic E-state index is 11.8. The minimum Gasteiger partial charge on any atom is -0.481 e. The van der Waals surface area contributed by atoms with Gasteiger partial charge in [-0.3, -0.25) is 9.59 Å². The van der Waals surface area contributed by atoms with E-state index in [1.165, 1.54) is 0 Å². The van der Waals surface area contributed by atoms with Crippen LogP contribution >= 0.6 is 0 Å². The number of nitrogens with one attached hydrogen (secondary N) is 2. The first kappa shape index (κ1) is 19.8. The van der Waals surface area contributed by atoms with E-state index >= 15 is 0 Å². The summed E-state index contributed by atoms with van der Waals surface area (Å²) >= 11 is 0. The SMILES string of the molecule is C=CCc1ccccc1OCC#CCNC(=O)CNC(=O)c1ccccc1. The molecule has 27 heavy (non-hydrogen) atoms. The van der Waals surface area contributed by atoms with Gasteiger partial charge in [0, 0.05) is 5.56 Å². The lowest BCUT2D eigenvalue weighted by atomic mass is 10.1. The molecule has 0 aromatic heterocycles. The molecule has 2 N–H and O–H groups in total. The molecule has 0 bridgehead atoms. The number of rotatable bonds is 8. The van der Waals surface area contributed by atoms with Crippen molar-refractivity contribution >= 4 is 11.8 Å². The van der Waals surface area contributed by atoms with Crippen molar-refractivity contribution in [1.82, 2.24) is 10.6 Å². The number of ether oxygens (including phenoxy) is 1. The fourth-order valence-electron chi connectivity index (χ4n) is 2.25. The van der Waals surface area contributed by atoms with Crippen molar-refractivity contribution in [3.8, 4) is 17.6 Å². The van der Waals surface area contributed by atoms with Gasteiger partial charge in [-0.05, 0) is 30.2 Å². The predicted molar refractivity (Wildman–Crippen MR) is 105 cm³/mol. The van der Waals surface area contributed by atoms with Gasteiger partial charge in [-0.25, -0.2) is 0 Å². The lowest BCUT2D eigenvalue weighted by Gasteiger charge is -2.07. The molecular formula is C22H22N2O3. The van der Waals surface area contributed by atoms with Crippen molar-refractivity contribution in [2.75, 3.05) is 19.7 Å². The van der Waals surface area contributed by atoms with Crippen LogP contribution in [0.1, 0.15) is 15.9 Å². The summed E-state index contributed by atoms with van der Waals surface area (Å²) < 4.78 is 5.63. The quantitative estimate of drug-likeness (QED) is 0.560. The topological polar surface area (TPSA) is 67.4 Å². The van der Waals surface area contributed by atoms with Crippen LogP contribution in [0, 0.1) is 11.8 Å². The molecule has 2 aromatic rings. The van der Waals surface area contributed by atoms with E-state index in [2.05, 4.69) is 29.1 Å². The zero-order chi connectivity index (χ0) is 19.3. The van der Waals surface area contributed by atoms with Crippen LogP contribution in [0.5, 0.6) is 5.75 Å². The highest BCUT2D eigenvalue weighted by molar-refractivity contribution is 5.96. The molecule has 0 radical (unpaired) electrons. The summed E-state index contributed by atoms with van der Waals surface area (Å²) in [6.45, 7) is 4.05. The Morgan fingerprint density at radius 3 is 2.52 bits per heavy atom. The van der Waals surface area contributed by atoms with E-state index in [-0.39, 0.29) is 31.5 Å². The number of para-hydroxylation sites is 1. The third-order valence-corrected chi connectivity index (χ3v) is 3.58. The molecule has 2 aromatic carbocycles. The Labute approximate surface area is 159 Å². The van der Waals surface area contributed by atoms with Crippen molar-refractivity contribution in [1.29, 1.82) is 0 Å². The second-order valence-electron chi connectivity index (χ2n) is 5.57. The largest absolute Gasteiger partial charge is 0.481 e. The Morgan fingerprint density at radius 2 is 1.74 bits per heavy atom. The Hall–Kier alpha value is -3.52. The monoisotopic (exact) mass is 362 g/mol. The molecule has 0 unspecified atom stereocenters. The molecule has 0 aliphatic carbocycles. The van der Waals surface area contributed by atoms with E-state index in [4.69, 9.17) is 4.74 Å². The average Bonchev–Trinajstić information content (AvgIpc) is 2.70. The maximum atomic E-state index is 11.8. The summed E-state index contributed by atoms with van der Waals surface area (Å²) in [5.41, 5.74) is 1.57. The molecular weight excluding hydrogens is 340 g/mol. The van der Waals surface area contributed by atoms with Crippen molar-refractivity contribution < 1.29 is 14.3 Å². The second kappa shape index (κ2) is 11.2. The normalized spacial score (nSPS) is 9.48. The van der Waals surface area contributed by atoms with Gasteiger partial charge in [-0.2, -0.15) is 0 Å². The molecule has 2 amide bonds. The van der Waals surface area contributed by atoms with Crippen molar-refractivity contribution in [3.63, 3.8) is 0 Å². The molecule has 0 spiro atoms. The fourth-order valence-corrected chi connectivity index (χ4v) is 2.25. The van der Waals surface area contributed by atoms with E-state index < -0.39 is 0 Å². The van der Waals surface area contributed by atoms with Crippen LogP contribution in [0.25, 0.3) is 0 Å². The molecule has 5 heteroatoms. The van der Waals surface area contributed by atoms with Crippen LogP contribution in [0.15, 0.2) is 67.3 Å². The number of hydrogen-bond donors (Lipinski definition) is 2. The van der Waals surface area contributed by atoms with Crippen molar-refractivity contribution in [2.24, 2.45) is 0 Å². The molecule has 0 saturated heterocycles. The first-order valence-corrected chi connectivity index (χ1v) is 8.58. The van der Waals surface area contributed by atoms with Gasteiger partial charge in [0.25, 0.3) is 5.91 Å². The van der Waals surface area contributed by atoms with Crippen LogP contribution in [0.2, 0.25) is 0 Å². The van der Waals surface area contributed by atoms with Gasteiger partial charge in [0.15, 0.2) is 0 Å². The lowest BCUT2D eigenvalue weighted by Crippen LogP contribution is -2.37. The minimum atomic E-state index is -0.300.